The molecular weight excluding hydrogens is 198 g/mol. The van der Waals surface area contributed by atoms with E-state index in [-0.39, 0.29) is 11.8 Å². The van der Waals surface area contributed by atoms with Crippen molar-refractivity contribution in [2.45, 2.75) is 32.6 Å². The van der Waals surface area contributed by atoms with E-state index in [0.717, 1.165) is 30.7 Å². The molecule has 14 heavy (non-hydrogen) atoms. The van der Waals surface area contributed by atoms with Crippen LogP contribution < -0.4 is 5.43 Å². The van der Waals surface area contributed by atoms with E-state index >= 15 is 0 Å². The van der Waals surface area contributed by atoms with Crippen LogP contribution in [-0.2, 0) is 4.79 Å². The van der Waals surface area contributed by atoms with Crippen LogP contribution in [0.1, 0.15) is 32.6 Å². The molecule has 0 bridgehead atoms. The van der Waals surface area contributed by atoms with E-state index in [0.29, 0.717) is 5.17 Å². The molecule has 0 N–H and O–H groups in total. The summed E-state index contributed by atoms with van der Waals surface area (Å²) >= 11 is 1.42. The fraction of sp³-hybridized carbons (Fsp3) is 0.667. The van der Waals surface area contributed by atoms with Crippen molar-refractivity contribution in [3.05, 3.63) is 0 Å². The molecule has 0 unspecified atom stereocenters. The van der Waals surface area contributed by atoms with Crippen LogP contribution in [0.4, 0.5) is 0 Å². The Hall–Kier alpha value is -0.840. The molecule has 1 radical (unpaired) electrons. The number of hydrogen-bond acceptors (Lipinski definition) is 3. The highest BCUT2D eigenvalue weighted by Gasteiger charge is 2.30. The first-order valence-electron chi connectivity index (χ1n) is 4.87. The molecule has 0 aromatic carbocycles. The van der Waals surface area contributed by atoms with Gasteiger partial charge < -0.3 is 0 Å². The summed E-state index contributed by atoms with van der Waals surface area (Å²) < 4.78 is 0. The van der Waals surface area contributed by atoms with Gasteiger partial charge in [-0.05, 0) is 37.4 Å². The maximum atomic E-state index is 11.3. The fourth-order valence-electron chi connectivity index (χ4n) is 1.12. The average molecular weight is 210 g/mol. The predicted octanol–water partition coefficient (Wildman–Crippen LogP) is 1.74. The molecule has 0 atom stereocenters. The molecule has 1 fully saturated rings. The van der Waals surface area contributed by atoms with Gasteiger partial charge in [-0.25, -0.2) is 0 Å². The number of carbonyl (C=O) groups excluding carboxylic acids is 1. The summed E-state index contributed by atoms with van der Waals surface area (Å²) in [5.74, 6) is 0.151. The minimum Gasteiger partial charge on any atom is -0.272 e. The molecule has 0 aromatic heterocycles. The topological polar surface area (TPSA) is 55.9 Å². The van der Waals surface area contributed by atoms with Gasteiger partial charge >= 0.3 is 0 Å². The van der Waals surface area contributed by atoms with Crippen LogP contribution in [0.5, 0.6) is 0 Å². The SMILES string of the molecule is CCCC1=N[N]C(=NC(=O)C2CC2)S1. The highest BCUT2D eigenvalue weighted by atomic mass is 32.2. The predicted molar refractivity (Wildman–Crippen MR) is 57.2 cm³/mol. The van der Waals surface area contributed by atoms with Crippen LogP contribution in [0.25, 0.3) is 0 Å². The number of rotatable bonds is 3. The van der Waals surface area contributed by atoms with Gasteiger partial charge in [0.2, 0.25) is 5.17 Å². The molecule has 1 aliphatic heterocycles. The lowest BCUT2D eigenvalue weighted by molar-refractivity contribution is -0.118. The molecule has 1 heterocycles. The van der Waals surface area contributed by atoms with Crippen molar-refractivity contribution in [1.82, 2.24) is 5.43 Å². The van der Waals surface area contributed by atoms with Gasteiger partial charge in [0, 0.05) is 5.92 Å². The Morgan fingerprint density at radius 1 is 1.64 bits per heavy atom. The van der Waals surface area contributed by atoms with Crippen LogP contribution in [-0.4, -0.2) is 16.1 Å². The quantitative estimate of drug-likeness (QED) is 0.712. The van der Waals surface area contributed by atoms with E-state index in [4.69, 9.17) is 0 Å². The van der Waals surface area contributed by atoms with Gasteiger partial charge in [-0.15, -0.1) is 10.5 Å². The van der Waals surface area contributed by atoms with Crippen LogP contribution in [0, 0.1) is 5.92 Å². The van der Waals surface area contributed by atoms with Crippen LogP contribution in [0.15, 0.2) is 10.1 Å². The lowest BCUT2D eigenvalue weighted by atomic mass is 10.4. The average Bonchev–Trinajstić information content (AvgIpc) is 2.92. The van der Waals surface area contributed by atoms with Crippen molar-refractivity contribution in [3.63, 3.8) is 0 Å². The molecule has 2 rings (SSSR count). The first kappa shape index (κ1) is 9.71. The summed E-state index contributed by atoms with van der Waals surface area (Å²) in [4.78, 5) is 15.2. The second kappa shape index (κ2) is 4.13. The minimum atomic E-state index is -0.0239. The van der Waals surface area contributed by atoms with Gasteiger partial charge in [0.05, 0.1) is 0 Å². The third kappa shape index (κ3) is 2.35. The lowest BCUT2D eigenvalue weighted by Crippen LogP contribution is -2.05. The zero-order chi connectivity index (χ0) is 9.97. The fourth-order valence-corrected chi connectivity index (χ4v) is 1.94. The maximum absolute atomic E-state index is 11.3. The van der Waals surface area contributed by atoms with Gasteiger partial charge in [-0.2, -0.15) is 4.99 Å². The van der Waals surface area contributed by atoms with Crippen molar-refractivity contribution < 1.29 is 4.79 Å². The zero-order valence-electron chi connectivity index (χ0n) is 8.06. The van der Waals surface area contributed by atoms with Crippen molar-refractivity contribution in [2.24, 2.45) is 16.0 Å². The van der Waals surface area contributed by atoms with Crippen LogP contribution >= 0.6 is 11.8 Å². The Labute approximate surface area is 87.2 Å². The van der Waals surface area contributed by atoms with Crippen molar-refractivity contribution in [2.75, 3.05) is 0 Å². The number of amidine groups is 1. The molecule has 5 heteroatoms. The lowest BCUT2D eigenvalue weighted by Gasteiger charge is -1.92. The molecule has 0 aromatic rings. The van der Waals surface area contributed by atoms with E-state index in [1.54, 1.807) is 0 Å². The van der Waals surface area contributed by atoms with E-state index in [9.17, 15) is 4.79 Å². The molecule has 75 valence electrons. The summed E-state index contributed by atoms with van der Waals surface area (Å²) in [5, 5.41) is 5.45. The summed E-state index contributed by atoms with van der Waals surface area (Å²) in [6.07, 6.45) is 3.95. The van der Waals surface area contributed by atoms with E-state index < -0.39 is 0 Å². The van der Waals surface area contributed by atoms with E-state index in [2.05, 4.69) is 22.4 Å². The highest BCUT2D eigenvalue weighted by Crippen LogP contribution is 2.30. The van der Waals surface area contributed by atoms with Gasteiger partial charge in [-0.3, -0.25) is 4.79 Å². The normalized spacial score (nSPS) is 23.5. The molecular formula is C9H12N3OS. The largest absolute Gasteiger partial charge is 0.272 e. The van der Waals surface area contributed by atoms with Gasteiger partial charge in [0.25, 0.3) is 5.91 Å². The van der Waals surface area contributed by atoms with E-state index in [1.807, 2.05) is 0 Å². The maximum Gasteiger partial charge on any atom is 0.251 e. The van der Waals surface area contributed by atoms with Gasteiger partial charge in [0.15, 0.2) is 0 Å². The Morgan fingerprint density at radius 3 is 3.07 bits per heavy atom. The van der Waals surface area contributed by atoms with Crippen molar-refractivity contribution in [1.29, 1.82) is 0 Å². The van der Waals surface area contributed by atoms with Crippen molar-refractivity contribution >= 4 is 27.9 Å². The van der Waals surface area contributed by atoms with Crippen molar-refractivity contribution in [3.8, 4) is 0 Å². The number of nitrogens with zero attached hydrogens (tertiary/aromatic N) is 3. The highest BCUT2D eigenvalue weighted by molar-refractivity contribution is 8.26. The molecule has 1 amide bonds. The third-order valence-electron chi connectivity index (χ3n) is 2.05. The summed E-state index contributed by atoms with van der Waals surface area (Å²) in [5.41, 5.74) is 3.87. The standard InChI is InChI=1S/C9H12N3OS/c1-2-3-7-11-12-9(14-7)10-8(13)6-4-5-6/h6H,2-5H2,1H3. The monoisotopic (exact) mass is 210 g/mol. The summed E-state index contributed by atoms with van der Waals surface area (Å²) in [6.45, 7) is 2.09. The molecule has 0 saturated heterocycles. The number of hydrogen-bond donors (Lipinski definition) is 0. The number of thioether (sulfide) groups is 1. The summed E-state index contributed by atoms with van der Waals surface area (Å²) in [6, 6.07) is 0. The second-order valence-electron chi connectivity index (χ2n) is 3.45. The second-order valence-corrected chi connectivity index (χ2v) is 4.49. The molecule has 1 aliphatic carbocycles. The van der Waals surface area contributed by atoms with Crippen LogP contribution in [0.2, 0.25) is 0 Å². The zero-order valence-corrected chi connectivity index (χ0v) is 8.88. The number of carbonyl (C=O) groups is 1. The molecule has 1 saturated carbocycles. The Morgan fingerprint density at radius 2 is 2.43 bits per heavy atom. The smallest absolute Gasteiger partial charge is 0.251 e. The Balaban J connectivity index is 1.87. The molecule has 2 aliphatic rings. The minimum absolute atomic E-state index is 0.0239. The Kier molecular flexibility index (Phi) is 2.86. The Bertz CT molecular complexity index is 307. The number of aliphatic imine (C=N–C) groups is 1. The molecule has 0 spiro atoms. The van der Waals surface area contributed by atoms with E-state index in [1.165, 1.54) is 11.8 Å². The number of amides is 1. The molecule has 4 nitrogen and oxygen atoms in total. The first-order valence-corrected chi connectivity index (χ1v) is 5.69. The third-order valence-corrected chi connectivity index (χ3v) is 2.93. The van der Waals surface area contributed by atoms with Gasteiger partial charge in [-0.1, -0.05) is 6.92 Å². The van der Waals surface area contributed by atoms with Gasteiger partial charge in [0.1, 0.15) is 5.04 Å². The first-order chi connectivity index (χ1) is 6.79. The van der Waals surface area contributed by atoms with Crippen LogP contribution in [0.3, 0.4) is 0 Å². The summed E-state index contributed by atoms with van der Waals surface area (Å²) in [7, 11) is 0.